The van der Waals surface area contributed by atoms with Crippen LogP contribution < -0.4 is 51.4 Å². The van der Waals surface area contributed by atoms with Gasteiger partial charge < -0.3 is 12.2 Å². The van der Waals surface area contributed by atoms with Crippen LogP contribution in [0, 0.1) is 0 Å². The van der Waals surface area contributed by atoms with Gasteiger partial charge in [-0.15, -0.1) is 11.8 Å². The van der Waals surface area contributed by atoms with E-state index in [1.807, 2.05) is 0 Å². The fraction of sp³-hybridized carbons (Fsp3) is 1.00. The van der Waals surface area contributed by atoms with Crippen LogP contribution in [0.1, 0.15) is 90.9 Å². The van der Waals surface area contributed by atoms with E-state index >= 15 is 0 Å². The smallest absolute Gasteiger partial charge is 0.746 e. The number of hydrogen-bond donors (Lipinski definition) is 0. The predicted octanol–water partition coefficient (Wildman–Crippen LogP) is 3.65. The average molecular weight is 361 g/mol. The van der Waals surface area contributed by atoms with Gasteiger partial charge in [-0.3, -0.25) is 0 Å². The second kappa shape index (κ2) is 18.0. The molecule has 0 nitrogen and oxygen atoms in total. The zero-order chi connectivity index (χ0) is 14.4. The molecule has 0 aliphatic heterocycles. The van der Waals surface area contributed by atoms with Crippen LogP contribution in [0.3, 0.4) is 0 Å². The number of hydrogen-bond acceptors (Lipinski definition) is 2. The molecule has 0 aromatic rings. The predicted molar refractivity (Wildman–Crippen MR) is 98.1 cm³/mol. The average Bonchev–Trinajstić information content (AvgIpc) is 2.38. The third-order valence-electron chi connectivity index (χ3n) is 3.70. The van der Waals surface area contributed by atoms with Crippen LogP contribution in [-0.4, -0.2) is 12.3 Å². The van der Waals surface area contributed by atoms with Crippen molar-refractivity contribution in [1.29, 1.82) is 0 Å². The molecule has 0 aliphatic carbocycles. The Morgan fingerprint density at radius 3 is 1.30 bits per heavy atom. The summed E-state index contributed by atoms with van der Waals surface area (Å²) < 4.78 is 0. The summed E-state index contributed by atoms with van der Waals surface area (Å²) in [4.78, 5) is 0. The van der Waals surface area contributed by atoms with Crippen LogP contribution in [0.2, 0.25) is 0 Å². The second-order valence-corrected chi connectivity index (χ2v) is 13.2. The van der Waals surface area contributed by atoms with Gasteiger partial charge in [0.1, 0.15) is 0 Å². The summed E-state index contributed by atoms with van der Waals surface area (Å²) in [6.07, 6.45) is 18.6. The monoisotopic (exact) mass is 360 g/mol. The molecule has 0 aromatic heterocycles. The van der Waals surface area contributed by atoms with E-state index in [0.717, 1.165) is 0 Å². The van der Waals surface area contributed by atoms with Gasteiger partial charge >= 0.3 is 51.4 Å². The quantitative estimate of drug-likeness (QED) is 0.201. The molecule has 0 aromatic carbocycles. The summed E-state index contributed by atoms with van der Waals surface area (Å²) in [5.74, 6) is 0. The van der Waals surface area contributed by atoms with Crippen molar-refractivity contribution in [3.05, 3.63) is 0 Å². The van der Waals surface area contributed by atoms with Crippen LogP contribution >= 0.6 is 5.24 Å². The van der Waals surface area contributed by atoms with Crippen molar-refractivity contribution in [2.75, 3.05) is 12.3 Å². The van der Waals surface area contributed by atoms with Gasteiger partial charge in [-0.05, 0) is 12.3 Å². The van der Waals surface area contributed by atoms with Crippen LogP contribution in [0.25, 0.3) is 0 Å². The van der Waals surface area contributed by atoms with Crippen molar-refractivity contribution >= 4 is 29.3 Å². The summed E-state index contributed by atoms with van der Waals surface area (Å²) in [5, 5.41) is -1.39. The molecule has 0 aliphatic rings. The Balaban J connectivity index is 0. The molecule has 0 amide bonds. The Labute approximate surface area is 181 Å². The normalized spacial score (nSPS) is 11.3. The Hall–Kier alpha value is 2.64. The van der Waals surface area contributed by atoms with Gasteiger partial charge in [-0.25, -0.2) is 0 Å². The van der Waals surface area contributed by atoms with E-state index < -0.39 is 5.24 Å². The first-order valence-corrected chi connectivity index (χ1v) is 12.6. The molecule has 0 spiro atoms. The molecule has 0 bridgehead atoms. The SMILES string of the molecule is CCCCCCCCP(=S)([S-])CCCCCCCC.[K+]. The molecule has 20 heavy (non-hydrogen) atoms. The first-order chi connectivity index (χ1) is 9.12. The third-order valence-corrected chi connectivity index (χ3v) is 7.89. The van der Waals surface area contributed by atoms with Crippen LogP contribution in [0.5, 0.6) is 0 Å². The van der Waals surface area contributed by atoms with Crippen molar-refractivity contribution < 1.29 is 51.4 Å². The summed E-state index contributed by atoms with van der Waals surface area (Å²) in [6.45, 7) is 4.53. The number of unbranched alkanes of at least 4 members (excludes halogenated alkanes) is 10. The maximum Gasteiger partial charge on any atom is 1.00 e. The first kappa shape index (κ1) is 24.9. The van der Waals surface area contributed by atoms with E-state index in [1.165, 1.54) is 89.4 Å². The molecule has 0 N–H and O–H groups in total. The van der Waals surface area contributed by atoms with E-state index in [-0.39, 0.29) is 51.4 Å². The maximum absolute atomic E-state index is 5.67. The van der Waals surface area contributed by atoms with Crippen molar-refractivity contribution in [3.8, 4) is 0 Å². The molecular weight excluding hydrogens is 326 g/mol. The minimum atomic E-state index is -1.39. The van der Waals surface area contributed by atoms with Gasteiger partial charge in [0.15, 0.2) is 0 Å². The van der Waals surface area contributed by atoms with Crippen LogP contribution in [0.4, 0.5) is 0 Å². The van der Waals surface area contributed by atoms with E-state index in [9.17, 15) is 0 Å². The molecule has 0 fully saturated rings. The van der Waals surface area contributed by atoms with E-state index in [1.54, 1.807) is 0 Å². The molecule has 0 saturated carbocycles. The van der Waals surface area contributed by atoms with Gasteiger partial charge in [0.2, 0.25) is 0 Å². The standard InChI is InChI=1S/C16H35PS2.K/c1-3-5-7-9-11-13-15-17(18,19)16-14-12-10-8-6-4-2;/h3-16H2,1-2H3,(H,18,19);/q;+1/p-1. The molecular formula is C16H34KPS2. The summed E-state index contributed by atoms with van der Waals surface area (Å²) in [6, 6.07) is 0. The first-order valence-electron chi connectivity index (χ1n) is 8.41. The Bertz CT molecular complexity index is 215. The van der Waals surface area contributed by atoms with Crippen molar-refractivity contribution in [1.82, 2.24) is 0 Å². The van der Waals surface area contributed by atoms with Crippen molar-refractivity contribution in [2.45, 2.75) is 90.9 Å². The fourth-order valence-corrected chi connectivity index (χ4v) is 5.56. The Morgan fingerprint density at radius 2 is 0.950 bits per heavy atom. The maximum atomic E-state index is 5.67. The third kappa shape index (κ3) is 18.7. The van der Waals surface area contributed by atoms with E-state index in [0.29, 0.717) is 0 Å². The molecule has 0 atom stereocenters. The molecule has 4 heteroatoms. The molecule has 116 valence electrons. The van der Waals surface area contributed by atoms with E-state index in [2.05, 4.69) is 13.8 Å². The molecule has 0 saturated heterocycles. The largest absolute Gasteiger partial charge is 1.00 e. The minimum absolute atomic E-state index is 0. The molecule has 0 unspecified atom stereocenters. The van der Waals surface area contributed by atoms with Crippen LogP contribution in [-0.2, 0) is 24.1 Å². The Kier molecular flexibility index (Phi) is 22.4. The van der Waals surface area contributed by atoms with Crippen molar-refractivity contribution in [2.24, 2.45) is 0 Å². The summed E-state index contributed by atoms with van der Waals surface area (Å²) in [7, 11) is 0. The van der Waals surface area contributed by atoms with Gasteiger partial charge in [0.25, 0.3) is 0 Å². The van der Waals surface area contributed by atoms with Gasteiger partial charge in [0, 0.05) is 0 Å². The zero-order valence-corrected chi connectivity index (χ0v) is 19.8. The Morgan fingerprint density at radius 1 is 0.650 bits per heavy atom. The summed E-state index contributed by atoms with van der Waals surface area (Å²) in [5.41, 5.74) is 0. The van der Waals surface area contributed by atoms with Gasteiger partial charge in [-0.1, -0.05) is 90.9 Å². The molecule has 0 rings (SSSR count). The zero-order valence-electron chi connectivity index (χ0n) is 14.2. The van der Waals surface area contributed by atoms with E-state index in [4.69, 9.17) is 24.1 Å². The molecule has 0 heterocycles. The summed E-state index contributed by atoms with van der Waals surface area (Å²) >= 11 is 11.3. The fourth-order valence-electron chi connectivity index (χ4n) is 2.38. The molecule has 0 radical (unpaired) electrons. The second-order valence-electron chi connectivity index (χ2n) is 5.80. The topological polar surface area (TPSA) is 0 Å². The number of rotatable bonds is 14. The minimum Gasteiger partial charge on any atom is -0.746 e. The van der Waals surface area contributed by atoms with Crippen LogP contribution in [0.15, 0.2) is 0 Å². The van der Waals surface area contributed by atoms with Gasteiger partial charge in [0.05, 0.1) is 0 Å². The van der Waals surface area contributed by atoms with Gasteiger partial charge in [-0.2, -0.15) is 5.24 Å². The van der Waals surface area contributed by atoms with Crippen molar-refractivity contribution in [3.63, 3.8) is 0 Å².